The van der Waals surface area contributed by atoms with E-state index in [1.807, 2.05) is 31.2 Å². The fraction of sp³-hybridized carbons (Fsp3) is 0.500. The molecule has 1 saturated heterocycles. The molecule has 150 valence electrons. The van der Waals surface area contributed by atoms with Crippen LogP contribution >= 0.6 is 0 Å². The van der Waals surface area contributed by atoms with Gasteiger partial charge < -0.3 is 10.2 Å². The highest BCUT2D eigenvalue weighted by molar-refractivity contribution is 7.89. The minimum absolute atomic E-state index is 0.427. The smallest absolute Gasteiger partial charge is 0.243 e. The minimum atomic E-state index is -3.45. The Bertz CT molecular complexity index is 922. The molecule has 1 aromatic heterocycles. The number of hydrogen-bond donors (Lipinski definition) is 1. The third-order valence-electron chi connectivity index (χ3n) is 5.53. The molecule has 28 heavy (non-hydrogen) atoms. The quantitative estimate of drug-likeness (QED) is 0.828. The van der Waals surface area contributed by atoms with E-state index in [0.29, 0.717) is 31.1 Å². The van der Waals surface area contributed by atoms with Crippen LogP contribution in [0.15, 0.2) is 35.2 Å². The van der Waals surface area contributed by atoms with Crippen molar-refractivity contribution >= 4 is 21.7 Å². The lowest BCUT2D eigenvalue weighted by Crippen LogP contribution is -2.49. The average molecular weight is 402 g/mol. The van der Waals surface area contributed by atoms with Crippen molar-refractivity contribution in [1.29, 1.82) is 0 Å². The zero-order chi connectivity index (χ0) is 19.6. The molecule has 7 nitrogen and oxygen atoms in total. The van der Waals surface area contributed by atoms with Gasteiger partial charge in [0, 0.05) is 32.7 Å². The molecule has 0 saturated carbocycles. The fourth-order valence-electron chi connectivity index (χ4n) is 3.95. The maximum absolute atomic E-state index is 13.1. The Balaban J connectivity index is 1.44. The van der Waals surface area contributed by atoms with Gasteiger partial charge in [-0.3, -0.25) is 0 Å². The summed E-state index contributed by atoms with van der Waals surface area (Å²) in [6.07, 6.45) is 4.37. The van der Waals surface area contributed by atoms with E-state index in [1.54, 1.807) is 10.4 Å². The van der Waals surface area contributed by atoms with Crippen LogP contribution in [0.25, 0.3) is 0 Å². The summed E-state index contributed by atoms with van der Waals surface area (Å²) >= 11 is 0. The first-order chi connectivity index (χ1) is 13.6. The summed E-state index contributed by atoms with van der Waals surface area (Å²) in [5.41, 5.74) is 2.50. The van der Waals surface area contributed by atoms with Crippen LogP contribution in [0.3, 0.4) is 0 Å². The molecule has 1 N–H and O–H groups in total. The first kappa shape index (κ1) is 19.1. The molecular formula is C20H27N5O2S. The van der Waals surface area contributed by atoms with Crippen LogP contribution in [-0.2, 0) is 22.9 Å². The van der Waals surface area contributed by atoms with Crippen LogP contribution in [0.2, 0.25) is 0 Å². The largest absolute Gasteiger partial charge is 0.369 e. The maximum Gasteiger partial charge on any atom is 0.243 e. The van der Waals surface area contributed by atoms with Gasteiger partial charge in [-0.25, -0.2) is 8.42 Å². The molecule has 4 rings (SSSR count). The number of sulfonamides is 1. The zero-order valence-electron chi connectivity index (χ0n) is 16.3. The molecule has 2 aliphatic rings. The third kappa shape index (κ3) is 3.84. The number of fused-ring (bicyclic) bond motifs is 1. The molecule has 1 aromatic carbocycles. The molecule has 8 heteroatoms. The van der Waals surface area contributed by atoms with Gasteiger partial charge in [0.05, 0.1) is 4.90 Å². The van der Waals surface area contributed by atoms with Crippen LogP contribution in [0.4, 0.5) is 11.6 Å². The molecule has 0 unspecified atom stereocenters. The Kier molecular flexibility index (Phi) is 5.50. The van der Waals surface area contributed by atoms with Gasteiger partial charge in [0.1, 0.15) is 5.82 Å². The van der Waals surface area contributed by atoms with Crippen molar-refractivity contribution in [2.45, 2.75) is 37.5 Å². The average Bonchev–Trinajstić information content (AvgIpc) is 2.74. The maximum atomic E-state index is 13.1. The molecule has 2 aromatic rings. The highest BCUT2D eigenvalue weighted by Gasteiger charge is 2.29. The number of aromatic nitrogens is 2. The molecule has 0 amide bonds. The number of nitrogens with one attached hydrogen (secondary N) is 1. The number of rotatable bonds is 5. The second-order valence-corrected chi connectivity index (χ2v) is 9.27. The topological polar surface area (TPSA) is 78.4 Å². The Hall–Kier alpha value is -2.19. The van der Waals surface area contributed by atoms with E-state index in [9.17, 15) is 8.42 Å². The van der Waals surface area contributed by atoms with Crippen molar-refractivity contribution < 1.29 is 8.42 Å². The number of anilines is 2. The molecule has 0 bridgehead atoms. The Morgan fingerprint density at radius 2 is 1.71 bits per heavy atom. The zero-order valence-corrected chi connectivity index (χ0v) is 17.1. The summed E-state index contributed by atoms with van der Waals surface area (Å²) in [4.78, 5) is 2.51. The van der Waals surface area contributed by atoms with E-state index in [-0.39, 0.29) is 0 Å². The third-order valence-corrected chi connectivity index (χ3v) is 7.42. The second-order valence-electron chi connectivity index (χ2n) is 7.34. The SMILES string of the molecule is CCNc1ccc(N2CCN(S(=O)(=O)c3ccc4c(c3)CCCC4)CC2)nn1. The summed E-state index contributed by atoms with van der Waals surface area (Å²) in [6.45, 7) is 4.94. The van der Waals surface area contributed by atoms with Crippen LogP contribution in [-0.4, -0.2) is 55.6 Å². The van der Waals surface area contributed by atoms with Crippen molar-refractivity contribution in [3.63, 3.8) is 0 Å². The number of aryl methyl sites for hydroxylation is 2. The van der Waals surface area contributed by atoms with Crippen LogP contribution in [0.1, 0.15) is 30.9 Å². The molecule has 0 spiro atoms. The van der Waals surface area contributed by atoms with Gasteiger partial charge in [-0.15, -0.1) is 10.2 Å². The van der Waals surface area contributed by atoms with Gasteiger partial charge in [-0.2, -0.15) is 4.31 Å². The summed E-state index contributed by atoms with van der Waals surface area (Å²) in [5, 5.41) is 11.5. The fourth-order valence-corrected chi connectivity index (χ4v) is 5.42. The van der Waals surface area contributed by atoms with Crippen LogP contribution in [0, 0.1) is 0 Å². The number of hydrogen-bond acceptors (Lipinski definition) is 6. The van der Waals surface area contributed by atoms with Crippen molar-refractivity contribution in [1.82, 2.24) is 14.5 Å². The van der Waals surface area contributed by atoms with Crippen molar-refractivity contribution in [2.24, 2.45) is 0 Å². The van der Waals surface area contributed by atoms with E-state index in [0.717, 1.165) is 37.4 Å². The van der Waals surface area contributed by atoms with Crippen LogP contribution < -0.4 is 10.2 Å². The van der Waals surface area contributed by atoms with Gasteiger partial charge in [0.2, 0.25) is 10.0 Å². The van der Waals surface area contributed by atoms with Gasteiger partial charge in [-0.05, 0) is 68.0 Å². The predicted molar refractivity (Wildman–Crippen MR) is 110 cm³/mol. The van der Waals surface area contributed by atoms with E-state index >= 15 is 0 Å². The number of nitrogens with zero attached hydrogens (tertiary/aromatic N) is 4. The normalized spacial score (nSPS) is 18.0. The lowest BCUT2D eigenvalue weighted by Gasteiger charge is -2.34. The van der Waals surface area contributed by atoms with Gasteiger partial charge in [-0.1, -0.05) is 6.07 Å². The van der Waals surface area contributed by atoms with Crippen molar-refractivity contribution in [3.05, 3.63) is 41.5 Å². The van der Waals surface area contributed by atoms with Crippen molar-refractivity contribution in [3.8, 4) is 0 Å². The number of benzene rings is 1. The van der Waals surface area contributed by atoms with E-state index in [2.05, 4.69) is 20.4 Å². The highest BCUT2D eigenvalue weighted by Crippen LogP contribution is 2.26. The molecule has 1 aliphatic heterocycles. The predicted octanol–water partition coefficient (Wildman–Crippen LogP) is 2.30. The molecule has 1 aliphatic carbocycles. The molecule has 2 heterocycles. The Morgan fingerprint density at radius 3 is 2.39 bits per heavy atom. The molecular weight excluding hydrogens is 374 g/mol. The van der Waals surface area contributed by atoms with Gasteiger partial charge in [0.25, 0.3) is 0 Å². The van der Waals surface area contributed by atoms with Crippen LogP contribution in [0.5, 0.6) is 0 Å². The molecule has 0 atom stereocenters. The van der Waals surface area contributed by atoms with E-state index in [1.165, 1.54) is 17.5 Å². The van der Waals surface area contributed by atoms with Crippen molar-refractivity contribution in [2.75, 3.05) is 42.9 Å². The van der Waals surface area contributed by atoms with E-state index < -0.39 is 10.0 Å². The van der Waals surface area contributed by atoms with Gasteiger partial charge in [0.15, 0.2) is 5.82 Å². The summed E-state index contributed by atoms with van der Waals surface area (Å²) in [7, 11) is -3.45. The Labute approximate surface area is 166 Å². The summed E-state index contributed by atoms with van der Waals surface area (Å²) in [5.74, 6) is 1.53. The number of piperazine rings is 1. The second kappa shape index (κ2) is 8.05. The minimum Gasteiger partial charge on any atom is -0.369 e. The monoisotopic (exact) mass is 401 g/mol. The lowest BCUT2D eigenvalue weighted by atomic mass is 9.92. The summed E-state index contributed by atoms with van der Waals surface area (Å²) in [6, 6.07) is 9.50. The highest BCUT2D eigenvalue weighted by atomic mass is 32.2. The van der Waals surface area contributed by atoms with Gasteiger partial charge >= 0.3 is 0 Å². The standard InChI is InChI=1S/C20H27N5O2S/c1-2-21-19-9-10-20(23-22-19)24-11-13-25(14-12-24)28(26,27)18-8-7-16-5-3-4-6-17(16)15-18/h7-10,15H,2-6,11-14H2,1H3,(H,21,22). The van der Waals surface area contributed by atoms with E-state index in [4.69, 9.17) is 0 Å². The Morgan fingerprint density at radius 1 is 0.964 bits per heavy atom. The lowest BCUT2D eigenvalue weighted by molar-refractivity contribution is 0.383. The summed E-state index contributed by atoms with van der Waals surface area (Å²) < 4.78 is 27.8. The first-order valence-corrected chi connectivity index (χ1v) is 11.5. The first-order valence-electron chi connectivity index (χ1n) is 10.0. The molecule has 1 fully saturated rings. The molecule has 0 radical (unpaired) electrons.